The van der Waals surface area contributed by atoms with Crippen molar-refractivity contribution in [3.05, 3.63) is 6.07 Å². The topological polar surface area (TPSA) is 93.6 Å². The molecule has 0 radical (unpaired) electrons. The van der Waals surface area contributed by atoms with Gasteiger partial charge < -0.3 is 19.9 Å². The molecule has 0 saturated heterocycles. The number of hydrogen-bond acceptors (Lipinski definition) is 6. The van der Waals surface area contributed by atoms with E-state index in [1.165, 1.54) is 27.2 Å². The van der Waals surface area contributed by atoms with Crippen molar-refractivity contribution in [2.75, 3.05) is 19.5 Å². The van der Waals surface area contributed by atoms with Gasteiger partial charge in [-0.2, -0.15) is 9.97 Å². The number of carboxylic acid groups (broad SMARTS) is 1. The smallest absolute Gasteiger partial charge is 0.325 e. The summed E-state index contributed by atoms with van der Waals surface area (Å²) < 4.78 is 9.84. The summed E-state index contributed by atoms with van der Waals surface area (Å²) in [7, 11) is 2.90. The minimum Gasteiger partial charge on any atom is -0.481 e. The lowest BCUT2D eigenvalue weighted by atomic mass is 10.3. The van der Waals surface area contributed by atoms with Crippen LogP contribution in [0.25, 0.3) is 0 Å². The van der Waals surface area contributed by atoms with E-state index in [-0.39, 0.29) is 5.95 Å². The second-order valence-electron chi connectivity index (χ2n) is 2.98. The van der Waals surface area contributed by atoms with Gasteiger partial charge in [0.15, 0.2) is 0 Å². The summed E-state index contributed by atoms with van der Waals surface area (Å²) in [6.07, 6.45) is 0. The summed E-state index contributed by atoms with van der Waals surface area (Å²) in [5.41, 5.74) is 0. The Hall–Kier alpha value is -2.05. The van der Waals surface area contributed by atoms with Crippen molar-refractivity contribution in [1.82, 2.24) is 9.97 Å². The molecule has 2 N–H and O–H groups in total. The molecule has 1 rings (SSSR count). The number of ether oxygens (including phenoxy) is 2. The normalized spacial score (nSPS) is 11.7. The van der Waals surface area contributed by atoms with Gasteiger partial charge in [-0.15, -0.1) is 0 Å². The molecule has 88 valence electrons. The van der Waals surface area contributed by atoms with E-state index in [1.54, 1.807) is 0 Å². The average molecular weight is 227 g/mol. The summed E-state index contributed by atoms with van der Waals surface area (Å²) in [5, 5.41) is 11.3. The van der Waals surface area contributed by atoms with E-state index in [0.717, 1.165) is 0 Å². The fraction of sp³-hybridized carbons (Fsp3) is 0.444. The molecule has 1 unspecified atom stereocenters. The van der Waals surface area contributed by atoms with Crippen molar-refractivity contribution in [2.45, 2.75) is 13.0 Å². The van der Waals surface area contributed by atoms with Crippen LogP contribution in [0.1, 0.15) is 6.92 Å². The first kappa shape index (κ1) is 12.0. The van der Waals surface area contributed by atoms with Gasteiger partial charge in [0.25, 0.3) is 0 Å². The molecule has 1 atom stereocenters. The van der Waals surface area contributed by atoms with Crippen molar-refractivity contribution < 1.29 is 19.4 Å². The molecule has 7 nitrogen and oxygen atoms in total. The van der Waals surface area contributed by atoms with Gasteiger partial charge in [-0.25, -0.2) is 0 Å². The molecule has 0 saturated carbocycles. The zero-order valence-corrected chi connectivity index (χ0v) is 9.22. The first-order valence-electron chi connectivity index (χ1n) is 4.53. The summed E-state index contributed by atoms with van der Waals surface area (Å²) in [4.78, 5) is 18.5. The molecule has 0 fully saturated rings. The van der Waals surface area contributed by atoms with Crippen LogP contribution in [0.2, 0.25) is 0 Å². The van der Waals surface area contributed by atoms with E-state index >= 15 is 0 Å². The Morgan fingerprint density at radius 3 is 2.25 bits per heavy atom. The van der Waals surface area contributed by atoms with Gasteiger partial charge in [0.2, 0.25) is 17.7 Å². The van der Waals surface area contributed by atoms with Crippen LogP contribution in [0, 0.1) is 0 Å². The quantitative estimate of drug-likeness (QED) is 0.750. The highest BCUT2D eigenvalue weighted by Crippen LogP contribution is 2.17. The van der Waals surface area contributed by atoms with E-state index in [2.05, 4.69) is 15.3 Å². The van der Waals surface area contributed by atoms with Gasteiger partial charge in [-0.3, -0.25) is 4.79 Å². The average Bonchev–Trinajstić information content (AvgIpc) is 2.28. The molecule has 1 aromatic rings. The van der Waals surface area contributed by atoms with Crippen LogP contribution in [0.3, 0.4) is 0 Å². The number of carbonyl (C=O) groups is 1. The fourth-order valence-corrected chi connectivity index (χ4v) is 0.933. The van der Waals surface area contributed by atoms with Gasteiger partial charge >= 0.3 is 5.97 Å². The molecule has 0 aliphatic rings. The lowest BCUT2D eigenvalue weighted by molar-refractivity contribution is -0.137. The van der Waals surface area contributed by atoms with E-state index in [4.69, 9.17) is 14.6 Å². The maximum Gasteiger partial charge on any atom is 0.325 e. The van der Waals surface area contributed by atoms with E-state index < -0.39 is 12.0 Å². The first-order chi connectivity index (χ1) is 7.56. The first-order valence-corrected chi connectivity index (χ1v) is 4.53. The van der Waals surface area contributed by atoms with Crippen LogP contribution in [-0.2, 0) is 4.79 Å². The molecule has 0 aliphatic carbocycles. The standard InChI is InChI=1S/C9H13N3O4/c1-5(8(13)14)10-9-11-6(15-2)4-7(12-9)16-3/h4-5H,1-3H3,(H,13,14)(H,10,11,12). The van der Waals surface area contributed by atoms with Crippen LogP contribution < -0.4 is 14.8 Å². The molecular weight excluding hydrogens is 214 g/mol. The number of anilines is 1. The Morgan fingerprint density at radius 1 is 1.38 bits per heavy atom. The molecule has 7 heteroatoms. The third-order valence-corrected chi connectivity index (χ3v) is 1.81. The molecule has 0 spiro atoms. The lowest BCUT2D eigenvalue weighted by Crippen LogP contribution is -2.26. The maximum atomic E-state index is 10.6. The molecule has 1 aromatic heterocycles. The predicted octanol–water partition coefficient (Wildman–Crippen LogP) is 0.379. The second kappa shape index (κ2) is 5.15. The summed E-state index contributed by atoms with van der Waals surface area (Å²) in [6.45, 7) is 1.48. The van der Waals surface area contributed by atoms with Crippen molar-refractivity contribution in [3.63, 3.8) is 0 Å². The van der Waals surface area contributed by atoms with Crippen molar-refractivity contribution in [1.29, 1.82) is 0 Å². The molecule has 1 heterocycles. The number of carboxylic acids is 1. The number of aliphatic carboxylic acids is 1. The number of aromatic nitrogens is 2. The number of hydrogen-bond donors (Lipinski definition) is 2. The number of methoxy groups -OCH3 is 2. The highest BCUT2D eigenvalue weighted by molar-refractivity contribution is 5.75. The minimum atomic E-state index is -0.995. The van der Waals surface area contributed by atoms with Crippen LogP contribution >= 0.6 is 0 Å². The second-order valence-corrected chi connectivity index (χ2v) is 2.98. The fourth-order valence-electron chi connectivity index (χ4n) is 0.933. The van der Waals surface area contributed by atoms with Gasteiger partial charge in [0, 0.05) is 0 Å². The third kappa shape index (κ3) is 2.97. The van der Waals surface area contributed by atoms with Crippen molar-refractivity contribution in [2.24, 2.45) is 0 Å². The Balaban J connectivity index is 2.90. The molecule has 16 heavy (non-hydrogen) atoms. The van der Waals surface area contributed by atoms with Gasteiger partial charge in [-0.05, 0) is 6.92 Å². The summed E-state index contributed by atoms with van der Waals surface area (Å²) >= 11 is 0. The SMILES string of the molecule is COc1cc(OC)nc(NC(C)C(=O)O)n1. The number of rotatable bonds is 5. The monoisotopic (exact) mass is 227 g/mol. The number of nitrogens with one attached hydrogen (secondary N) is 1. The molecule has 0 aromatic carbocycles. The predicted molar refractivity (Wildman–Crippen MR) is 55.9 cm³/mol. The van der Waals surface area contributed by atoms with Crippen LogP contribution in [0.4, 0.5) is 5.95 Å². The van der Waals surface area contributed by atoms with E-state index in [0.29, 0.717) is 11.8 Å². The van der Waals surface area contributed by atoms with Crippen molar-refractivity contribution >= 4 is 11.9 Å². The molecular formula is C9H13N3O4. The Bertz CT molecular complexity index is 361. The summed E-state index contributed by atoms with van der Waals surface area (Å²) in [5.74, 6) is -0.254. The Labute approximate surface area is 92.4 Å². The van der Waals surface area contributed by atoms with E-state index in [9.17, 15) is 4.79 Å². The number of nitrogens with zero attached hydrogens (tertiary/aromatic N) is 2. The zero-order valence-electron chi connectivity index (χ0n) is 9.22. The maximum absolute atomic E-state index is 10.6. The van der Waals surface area contributed by atoms with Crippen LogP contribution in [0.15, 0.2) is 6.07 Å². The van der Waals surface area contributed by atoms with Crippen molar-refractivity contribution in [3.8, 4) is 11.8 Å². The highest BCUT2D eigenvalue weighted by atomic mass is 16.5. The molecule has 0 amide bonds. The van der Waals surface area contributed by atoms with E-state index in [1.807, 2.05) is 0 Å². The van der Waals surface area contributed by atoms with Gasteiger partial charge in [0.05, 0.1) is 20.3 Å². The van der Waals surface area contributed by atoms with Crippen LogP contribution in [0.5, 0.6) is 11.8 Å². The summed E-state index contributed by atoms with van der Waals surface area (Å²) in [6, 6.07) is 0.702. The van der Waals surface area contributed by atoms with Crippen LogP contribution in [-0.4, -0.2) is 41.3 Å². The highest BCUT2D eigenvalue weighted by Gasteiger charge is 2.13. The Kier molecular flexibility index (Phi) is 3.87. The largest absolute Gasteiger partial charge is 0.481 e. The Morgan fingerprint density at radius 2 is 1.88 bits per heavy atom. The van der Waals surface area contributed by atoms with Gasteiger partial charge in [0.1, 0.15) is 6.04 Å². The van der Waals surface area contributed by atoms with Gasteiger partial charge in [-0.1, -0.05) is 0 Å². The molecule has 0 bridgehead atoms. The lowest BCUT2D eigenvalue weighted by Gasteiger charge is -2.10. The minimum absolute atomic E-state index is 0.145. The third-order valence-electron chi connectivity index (χ3n) is 1.81. The zero-order chi connectivity index (χ0) is 12.1. The molecule has 0 aliphatic heterocycles.